The van der Waals surface area contributed by atoms with E-state index in [0.29, 0.717) is 28.0 Å². The van der Waals surface area contributed by atoms with Crippen molar-refractivity contribution in [3.8, 4) is 17.2 Å². The van der Waals surface area contributed by atoms with Gasteiger partial charge in [0.25, 0.3) is 5.91 Å². The Labute approximate surface area is 197 Å². The van der Waals surface area contributed by atoms with Crippen molar-refractivity contribution in [3.63, 3.8) is 0 Å². The number of nitrogens with one attached hydrogen (secondary N) is 2. The fourth-order valence-electron chi connectivity index (χ4n) is 3.31. The SMILES string of the molecule is C.O=C(Nc1nnc(NC(C(=O)O)c2ccc3c(c2)OCO3)s1)c1ccc2cccnc2c1O. The summed E-state index contributed by atoms with van der Waals surface area (Å²) in [6.45, 7) is 0.0756. The number of carboxylic acid groups (broad SMARTS) is 1. The molecule has 12 heteroatoms. The monoisotopic (exact) mass is 481 g/mol. The van der Waals surface area contributed by atoms with Crippen molar-refractivity contribution in [2.24, 2.45) is 0 Å². The number of carbonyl (C=O) groups excluding carboxylic acids is 1. The zero-order chi connectivity index (χ0) is 22.9. The van der Waals surface area contributed by atoms with Gasteiger partial charge in [0.1, 0.15) is 5.52 Å². The number of hydrogen-bond acceptors (Lipinski definition) is 10. The number of carboxylic acids is 1. The number of pyridine rings is 1. The highest BCUT2D eigenvalue weighted by atomic mass is 32.1. The van der Waals surface area contributed by atoms with Crippen LogP contribution in [0.2, 0.25) is 0 Å². The van der Waals surface area contributed by atoms with E-state index in [0.717, 1.165) is 11.3 Å². The predicted octanol–water partition coefficient (Wildman–Crippen LogP) is 3.65. The molecule has 4 N–H and O–H groups in total. The first kappa shape index (κ1) is 22.7. The summed E-state index contributed by atoms with van der Waals surface area (Å²) in [5.41, 5.74) is 0.758. The lowest BCUT2D eigenvalue weighted by molar-refractivity contribution is -0.138. The van der Waals surface area contributed by atoms with E-state index in [1.165, 1.54) is 12.3 Å². The van der Waals surface area contributed by atoms with E-state index in [-0.39, 0.29) is 35.8 Å². The van der Waals surface area contributed by atoms with E-state index < -0.39 is 17.9 Å². The van der Waals surface area contributed by atoms with E-state index in [9.17, 15) is 19.8 Å². The van der Waals surface area contributed by atoms with Crippen molar-refractivity contribution in [2.45, 2.75) is 13.5 Å². The summed E-state index contributed by atoms with van der Waals surface area (Å²) in [5.74, 6) is -0.995. The van der Waals surface area contributed by atoms with Crippen LogP contribution in [0.4, 0.5) is 10.3 Å². The first-order chi connectivity index (χ1) is 16.0. The zero-order valence-corrected chi connectivity index (χ0v) is 17.5. The van der Waals surface area contributed by atoms with Gasteiger partial charge < -0.3 is 25.0 Å². The largest absolute Gasteiger partial charge is 0.505 e. The summed E-state index contributed by atoms with van der Waals surface area (Å²) in [4.78, 5) is 28.6. The van der Waals surface area contributed by atoms with Crippen LogP contribution in [0.5, 0.6) is 17.2 Å². The Kier molecular flexibility index (Phi) is 6.15. The number of nitrogens with zero attached hydrogens (tertiary/aromatic N) is 3. The fourth-order valence-corrected chi connectivity index (χ4v) is 3.98. The Bertz CT molecular complexity index is 1390. The number of amides is 1. The molecule has 1 atom stereocenters. The third-order valence-corrected chi connectivity index (χ3v) is 5.65. The molecule has 1 unspecified atom stereocenters. The van der Waals surface area contributed by atoms with Crippen LogP contribution in [0, 0.1) is 0 Å². The number of phenols is 1. The number of fused-ring (bicyclic) bond motifs is 2. The Balaban J connectivity index is 0.00000274. The molecule has 1 aliphatic rings. The van der Waals surface area contributed by atoms with Crippen molar-refractivity contribution >= 4 is 44.4 Å². The van der Waals surface area contributed by atoms with Crippen LogP contribution in [0.3, 0.4) is 0 Å². The summed E-state index contributed by atoms with van der Waals surface area (Å²) < 4.78 is 10.6. The molecule has 0 radical (unpaired) electrons. The minimum atomic E-state index is -1.14. The van der Waals surface area contributed by atoms with Crippen LogP contribution in [0.25, 0.3) is 10.9 Å². The van der Waals surface area contributed by atoms with Gasteiger partial charge in [0, 0.05) is 11.6 Å². The first-order valence-electron chi connectivity index (χ1n) is 9.60. The number of benzene rings is 2. The normalized spacial score (nSPS) is 12.6. The fraction of sp³-hybridized carbons (Fsp3) is 0.136. The number of rotatable bonds is 6. The lowest BCUT2D eigenvalue weighted by Gasteiger charge is -2.14. The van der Waals surface area contributed by atoms with Crippen molar-refractivity contribution < 1.29 is 29.3 Å². The molecule has 0 saturated carbocycles. The summed E-state index contributed by atoms with van der Waals surface area (Å²) in [6.07, 6.45) is 1.52. The van der Waals surface area contributed by atoms with Crippen molar-refractivity contribution in [2.75, 3.05) is 17.4 Å². The highest BCUT2D eigenvalue weighted by Crippen LogP contribution is 2.35. The molecule has 2 aromatic carbocycles. The van der Waals surface area contributed by atoms with Crippen LogP contribution in [-0.4, -0.2) is 44.1 Å². The molecule has 0 bridgehead atoms. The van der Waals surface area contributed by atoms with Crippen molar-refractivity contribution in [3.05, 3.63) is 59.8 Å². The predicted molar refractivity (Wildman–Crippen MR) is 125 cm³/mol. The molecule has 4 aromatic rings. The van der Waals surface area contributed by atoms with Gasteiger partial charge in [0.2, 0.25) is 17.1 Å². The van der Waals surface area contributed by atoms with Gasteiger partial charge in [0.15, 0.2) is 23.3 Å². The molecular weight excluding hydrogens is 462 g/mol. The third kappa shape index (κ3) is 4.26. The van der Waals surface area contributed by atoms with Crippen LogP contribution < -0.4 is 20.1 Å². The molecule has 11 nitrogen and oxygen atoms in total. The number of hydrogen-bond donors (Lipinski definition) is 4. The van der Waals surface area contributed by atoms with Gasteiger partial charge in [-0.25, -0.2) is 4.79 Å². The maximum Gasteiger partial charge on any atom is 0.330 e. The topological polar surface area (TPSA) is 156 Å². The van der Waals surface area contributed by atoms with Gasteiger partial charge in [-0.15, -0.1) is 10.2 Å². The maximum atomic E-state index is 12.6. The van der Waals surface area contributed by atoms with E-state index in [1.54, 1.807) is 36.4 Å². The maximum absolute atomic E-state index is 12.6. The molecule has 34 heavy (non-hydrogen) atoms. The van der Waals surface area contributed by atoms with Crippen LogP contribution >= 0.6 is 11.3 Å². The standard InChI is InChI=1S/C21H15N5O6S.CH4/c27-17-12(5-3-10-2-1-7-22-15(10)17)18(28)24-21-26-25-20(33-21)23-16(19(29)30)11-4-6-13-14(8-11)32-9-31-13;/h1-8,16,27H,9H2,(H,23,25)(H,29,30)(H,24,26,28);1H4. The lowest BCUT2D eigenvalue weighted by Crippen LogP contribution is -2.20. The second-order valence-corrected chi connectivity index (χ2v) is 7.91. The summed E-state index contributed by atoms with van der Waals surface area (Å²) >= 11 is 0.949. The van der Waals surface area contributed by atoms with Gasteiger partial charge in [-0.05, 0) is 29.8 Å². The Morgan fingerprint density at radius 2 is 1.85 bits per heavy atom. The molecule has 2 aromatic heterocycles. The quantitative estimate of drug-likeness (QED) is 0.321. The second kappa shape index (κ2) is 9.19. The van der Waals surface area contributed by atoms with Gasteiger partial charge in [-0.2, -0.15) is 0 Å². The number of ether oxygens (including phenoxy) is 2. The molecule has 0 aliphatic carbocycles. The molecular formula is C22H19N5O6S. The number of aromatic nitrogens is 3. The number of carbonyl (C=O) groups is 2. The van der Waals surface area contributed by atoms with Gasteiger partial charge in [0.05, 0.1) is 5.56 Å². The molecule has 0 fully saturated rings. The number of aromatic hydroxyl groups is 1. The van der Waals surface area contributed by atoms with E-state index in [4.69, 9.17) is 9.47 Å². The highest BCUT2D eigenvalue weighted by Gasteiger charge is 2.25. The van der Waals surface area contributed by atoms with Crippen LogP contribution in [0.1, 0.15) is 29.4 Å². The second-order valence-electron chi connectivity index (χ2n) is 6.93. The highest BCUT2D eigenvalue weighted by molar-refractivity contribution is 7.19. The van der Waals surface area contributed by atoms with E-state index in [2.05, 4.69) is 25.8 Å². The summed E-state index contributed by atoms with van der Waals surface area (Å²) in [7, 11) is 0. The lowest BCUT2D eigenvalue weighted by atomic mass is 10.1. The van der Waals surface area contributed by atoms with E-state index in [1.807, 2.05) is 0 Å². The molecule has 3 heterocycles. The van der Waals surface area contributed by atoms with Crippen LogP contribution in [0.15, 0.2) is 48.7 Å². The Hall–Kier alpha value is -4.45. The summed E-state index contributed by atoms with van der Waals surface area (Å²) in [5, 5.41) is 34.2. The number of aliphatic carboxylic acids is 1. The minimum absolute atomic E-state index is 0. The number of anilines is 2. The van der Waals surface area contributed by atoms with Crippen LogP contribution in [-0.2, 0) is 4.79 Å². The third-order valence-electron chi connectivity index (χ3n) is 4.88. The van der Waals surface area contributed by atoms with E-state index >= 15 is 0 Å². The Morgan fingerprint density at radius 1 is 1.06 bits per heavy atom. The minimum Gasteiger partial charge on any atom is -0.505 e. The molecule has 5 rings (SSSR count). The molecule has 0 saturated heterocycles. The average molecular weight is 481 g/mol. The zero-order valence-electron chi connectivity index (χ0n) is 16.7. The Morgan fingerprint density at radius 3 is 2.68 bits per heavy atom. The average Bonchev–Trinajstić information content (AvgIpc) is 3.46. The molecule has 1 amide bonds. The first-order valence-corrected chi connectivity index (χ1v) is 10.4. The molecule has 0 spiro atoms. The van der Waals surface area contributed by atoms with Crippen molar-refractivity contribution in [1.82, 2.24) is 15.2 Å². The van der Waals surface area contributed by atoms with Gasteiger partial charge >= 0.3 is 5.97 Å². The molecule has 1 aliphatic heterocycles. The smallest absolute Gasteiger partial charge is 0.330 e. The number of phenolic OH excluding ortho intramolecular Hbond substituents is 1. The van der Waals surface area contributed by atoms with Crippen molar-refractivity contribution in [1.29, 1.82) is 0 Å². The molecule has 174 valence electrons. The van der Waals surface area contributed by atoms with Gasteiger partial charge in [-0.3, -0.25) is 15.1 Å². The van der Waals surface area contributed by atoms with Gasteiger partial charge in [-0.1, -0.05) is 37.0 Å². The summed E-state index contributed by atoms with van der Waals surface area (Å²) in [6, 6.07) is 10.3.